The average molecular weight is 281 g/mol. The molecule has 0 atom stereocenters. The van der Waals surface area contributed by atoms with E-state index < -0.39 is 5.54 Å². The van der Waals surface area contributed by atoms with Gasteiger partial charge in [0.1, 0.15) is 5.69 Å². The van der Waals surface area contributed by atoms with Crippen molar-refractivity contribution in [1.82, 2.24) is 9.88 Å². The van der Waals surface area contributed by atoms with E-state index in [0.717, 1.165) is 13.0 Å². The number of hydrogen-bond donors (Lipinski definition) is 3. The molecule has 0 saturated carbocycles. The lowest BCUT2D eigenvalue weighted by Gasteiger charge is -2.36. The molecule has 1 aromatic rings. The molecule has 20 heavy (non-hydrogen) atoms. The third-order valence-corrected chi connectivity index (χ3v) is 3.75. The van der Waals surface area contributed by atoms with Crippen molar-refractivity contribution >= 4 is 11.6 Å². The van der Waals surface area contributed by atoms with Crippen molar-refractivity contribution in [3.8, 4) is 0 Å². The van der Waals surface area contributed by atoms with Gasteiger partial charge in [0.2, 0.25) is 0 Å². The fourth-order valence-electron chi connectivity index (χ4n) is 2.54. The van der Waals surface area contributed by atoms with Crippen LogP contribution in [0.25, 0.3) is 0 Å². The number of aliphatic hydroxyl groups is 1. The van der Waals surface area contributed by atoms with Crippen molar-refractivity contribution in [2.24, 2.45) is 0 Å². The van der Waals surface area contributed by atoms with Crippen molar-refractivity contribution in [2.45, 2.75) is 38.3 Å². The van der Waals surface area contributed by atoms with Gasteiger partial charge in [-0.1, -0.05) is 6.92 Å². The monoisotopic (exact) mass is 281 g/mol. The molecule has 1 aliphatic heterocycles. The lowest BCUT2D eigenvalue weighted by molar-refractivity contribution is 0.0123. The first-order valence-corrected chi connectivity index (χ1v) is 7.07. The summed E-state index contributed by atoms with van der Waals surface area (Å²) in [6.45, 7) is 3.82. The van der Waals surface area contributed by atoms with Crippen LogP contribution in [0.15, 0.2) is 12.3 Å². The molecule has 0 unspecified atom stereocenters. The third kappa shape index (κ3) is 3.13. The first-order valence-electron chi connectivity index (χ1n) is 7.07. The summed E-state index contributed by atoms with van der Waals surface area (Å²) in [5.41, 5.74) is 6.32. The Morgan fingerprint density at radius 3 is 2.85 bits per heavy atom. The summed E-state index contributed by atoms with van der Waals surface area (Å²) in [6.07, 6.45) is 3.94. The van der Waals surface area contributed by atoms with Crippen LogP contribution >= 0.6 is 0 Å². The fraction of sp³-hybridized carbons (Fsp3) is 0.643. The molecule has 1 aliphatic rings. The fourth-order valence-corrected chi connectivity index (χ4v) is 2.54. The summed E-state index contributed by atoms with van der Waals surface area (Å²) in [5, 5.41) is 12.6. The Hall–Kier alpha value is -1.53. The molecule has 2 rings (SSSR count). The normalized spacial score (nSPS) is 17.9. The minimum atomic E-state index is -0.578. The molecule has 0 spiro atoms. The molecule has 0 bridgehead atoms. The zero-order valence-electron chi connectivity index (χ0n) is 11.9. The molecule has 0 radical (unpaired) electrons. The highest BCUT2D eigenvalue weighted by Crippen LogP contribution is 2.21. The zero-order valence-corrected chi connectivity index (χ0v) is 11.9. The number of carbonyl (C=O) groups excluding carboxylic acids is 1. The van der Waals surface area contributed by atoms with Crippen LogP contribution in [-0.2, 0) is 11.3 Å². The summed E-state index contributed by atoms with van der Waals surface area (Å²) in [5.74, 6) is -0.189. The number of ether oxygens (including phenoxy) is 1. The molecule has 0 aromatic carbocycles. The molecular formula is C14H23N3O3. The van der Waals surface area contributed by atoms with E-state index in [9.17, 15) is 9.90 Å². The first-order chi connectivity index (χ1) is 9.60. The number of aromatic nitrogens is 1. The smallest absolute Gasteiger partial charge is 0.268 e. The Bertz CT molecular complexity index is 464. The van der Waals surface area contributed by atoms with Gasteiger partial charge in [-0.25, -0.2) is 0 Å². The minimum absolute atomic E-state index is 0.0773. The molecular weight excluding hydrogens is 258 g/mol. The van der Waals surface area contributed by atoms with Crippen LogP contribution in [0.3, 0.4) is 0 Å². The number of carbonyl (C=O) groups is 1. The Morgan fingerprint density at radius 1 is 1.55 bits per heavy atom. The van der Waals surface area contributed by atoms with E-state index in [0.29, 0.717) is 37.4 Å². The van der Waals surface area contributed by atoms with E-state index in [-0.39, 0.29) is 12.5 Å². The maximum atomic E-state index is 12.4. The number of amides is 1. The van der Waals surface area contributed by atoms with Crippen LogP contribution in [0.2, 0.25) is 0 Å². The van der Waals surface area contributed by atoms with E-state index in [2.05, 4.69) is 5.32 Å². The summed E-state index contributed by atoms with van der Waals surface area (Å²) in [4.78, 5) is 12.4. The van der Waals surface area contributed by atoms with E-state index in [1.165, 1.54) is 0 Å². The number of nitrogen functional groups attached to an aromatic ring is 1. The van der Waals surface area contributed by atoms with Gasteiger partial charge in [0.25, 0.3) is 5.91 Å². The number of rotatable bonds is 5. The molecule has 1 fully saturated rings. The second-order valence-corrected chi connectivity index (χ2v) is 5.36. The first kappa shape index (κ1) is 14.9. The number of nitrogens with one attached hydrogen (secondary N) is 1. The summed E-state index contributed by atoms with van der Waals surface area (Å²) in [7, 11) is 0. The van der Waals surface area contributed by atoms with Gasteiger partial charge in [0, 0.05) is 26.0 Å². The van der Waals surface area contributed by atoms with Crippen molar-refractivity contribution in [3.63, 3.8) is 0 Å². The lowest BCUT2D eigenvalue weighted by atomic mass is 9.91. The minimum Gasteiger partial charge on any atom is -0.397 e. The van der Waals surface area contributed by atoms with Gasteiger partial charge in [-0.15, -0.1) is 0 Å². The zero-order chi connectivity index (χ0) is 14.6. The molecule has 112 valence electrons. The SMILES string of the molecule is CCCn1cc(N)cc1C(=O)NC1(CO)CCOCC1. The number of hydrogen-bond acceptors (Lipinski definition) is 4. The van der Waals surface area contributed by atoms with Gasteiger partial charge >= 0.3 is 0 Å². The van der Waals surface area contributed by atoms with Gasteiger partial charge in [-0.2, -0.15) is 0 Å². The lowest BCUT2D eigenvalue weighted by Crippen LogP contribution is -2.54. The Kier molecular flexibility index (Phi) is 4.67. The van der Waals surface area contributed by atoms with Crippen LogP contribution in [0.4, 0.5) is 5.69 Å². The van der Waals surface area contributed by atoms with E-state index in [4.69, 9.17) is 10.5 Å². The highest BCUT2D eigenvalue weighted by atomic mass is 16.5. The predicted octanol–water partition coefficient (Wildman–Crippen LogP) is 0.752. The largest absolute Gasteiger partial charge is 0.397 e. The van der Waals surface area contributed by atoms with Gasteiger partial charge in [-0.3, -0.25) is 4.79 Å². The van der Waals surface area contributed by atoms with Crippen LogP contribution < -0.4 is 11.1 Å². The summed E-state index contributed by atoms with van der Waals surface area (Å²) in [6, 6.07) is 1.68. The maximum absolute atomic E-state index is 12.4. The van der Waals surface area contributed by atoms with Gasteiger partial charge in [0.05, 0.1) is 17.8 Å². The molecule has 1 aromatic heterocycles. The van der Waals surface area contributed by atoms with Crippen LogP contribution in [-0.4, -0.2) is 40.9 Å². The highest BCUT2D eigenvalue weighted by Gasteiger charge is 2.34. The van der Waals surface area contributed by atoms with E-state index in [1.807, 2.05) is 11.5 Å². The van der Waals surface area contributed by atoms with Crippen molar-refractivity contribution in [2.75, 3.05) is 25.6 Å². The third-order valence-electron chi connectivity index (χ3n) is 3.75. The number of aryl methyl sites for hydroxylation is 1. The molecule has 1 amide bonds. The van der Waals surface area contributed by atoms with Crippen molar-refractivity contribution in [1.29, 1.82) is 0 Å². The Morgan fingerprint density at radius 2 is 2.25 bits per heavy atom. The van der Waals surface area contributed by atoms with Crippen molar-refractivity contribution < 1.29 is 14.6 Å². The topological polar surface area (TPSA) is 89.5 Å². The van der Waals surface area contributed by atoms with Crippen molar-refractivity contribution in [3.05, 3.63) is 18.0 Å². The van der Waals surface area contributed by atoms with E-state index in [1.54, 1.807) is 12.3 Å². The number of anilines is 1. The quantitative estimate of drug-likeness (QED) is 0.743. The van der Waals surface area contributed by atoms with Gasteiger partial charge in [0.15, 0.2) is 0 Å². The number of nitrogens with two attached hydrogens (primary N) is 1. The molecule has 0 aliphatic carbocycles. The molecule has 4 N–H and O–H groups in total. The van der Waals surface area contributed by atoms with Gasteiger partial charge in [-0.05, 0) is 25.3 Å². The highest BCUT2D eigenvalue weighted by molar-refractivity contribution is 5.94. The number of nitrogens with zero attached hydrogens (tertiary/aromatic N) is 1. The Balaban J connectivity index is 2.14. The average Bonchev–Trinajstić information content (AvgIpc) is 2.81. The predicted molar refractivity (Wildman–Crippen MR) is 76.5 cm³/mol. The molecule has 6 heteroatoms. The van der Waals surface area contributed by atoms with E-state index >= 15 is 0 Å². The van der Waals surface area contributed by atoms with Crippen LogP contribution in [0, 0.1) is 0 Å². The van der Waals surface area contributed by atoms with Crippen LogP contribution in [0.1, 0.15) is 36.7 Å². The van der Waals surface area contributed by atoms with Gasteiger partial charge < -0.3 is 25.5 Å². The van der Waals surface area contributed by atoms with Crippen LogP contribution in [0.5, 0.6) is 0 Å². The second-order valence-electron chi connectivity index (χ2n) is 5.36. The molecule has 2 heterocycles. The maximum Gasteiger partial charge on any atom is 0.268 e. The number of aliphatic hydroxyl groups excluding tert-OH is 1. The molecule has 1 saturated heterocycles. The Labute approximate surface area is 118 Å². The summed E-state index contributed by atoms with van der Waals surface area (Å²) >= 11 is 0. The second kappa shape index (κ2) is 6.28. The standard InChI is InChI=1S/C14H23N3O3/c1-2-5-17-9-11(15)8-12(17)13(19)16-14(10-18)3-6-20-7-4-14/h8-9,18H,2-7,10,15H2,1H3,(H,16,19). The molecule has 6 nitrogen and oxygen atoms in total. The summed E-state index contributed by atoms with van der Waals surface area (Å²) < 4.78 is 7.15.